The maximum Gasteiger partial charge on any atom is 0.269 e. The molecule has 4 nitrogen and oxygen atoms in total. The van der Waals surface area contributed by atoms with Crippen LogP contribution in [0.1, 0.15) is 31.1 Å². The molecule has 86 valence electrons. The quantitative estimate of drug-likeness (QED) is 0.691. The van der Waals surface area contributed by atoms with Crippen LogP contribution in [0.4, 0.5) is 0 Å². The van der Waals surface area contributed by atoms with Gasteiger partial charge in [0.25, 0.3) is 15.9 Å². The van der Waals surface area contributed by atoms with E-state index in [0.29, 0.717) is 0 Å². The molecule has 0 aliphatic carbocycles. The Hall–Kier alpha value is -1.36. The number of carbonyl (C=O) groups excluding carboxylic acids is 1. The van der Waals surface area contributed by atoms with Crippen molar-refractivity contribution in [3.05, 3.63) is 29.8 Å². The second-order valence-electron chi connectivity index (χ2n) is 4.74. The molecule has 0 radical (unpaired) electrons. The number of hydrogen-bond acceptors (Lipinski definition) is 3. The summed E-state index contributed by atoms with van der Waals surface area (Å²) in [7, 11) is -3.67. The van der Waals surface area contributed by atoms with Crippen molar-refractivity contribution in [1.82, 2.24) is 4.31 Å². The lowest BCUT2D eigenvalue weighted by atomic mass is 10.1. The summed E-state index contributed by atoms with van der Waals surface area (Å²) >= 11 is 0. The highest BCUT2D eigenvalue weighted by Gasteiger charge is 2.46. The lowest BCUT2D eigenvalue weighted by Crippen LogP contribution is -2.45. The Bertz CT molecular complexity index is 555. The van der Waals surface area contributed by atoms with Crippen LogP contribution in [0, 0.1) is 0 Å². The molecular formula is C11H13NO3S. The molecule has 1 amide bonds. The van der Waals surface area contributed by atoms with Gasteiger partial charge in [-0.05, 0) is 32.9 Å². The molecule has 1 aliphatic heterocycles. The molecule has 0 bridgehead atoms. The first-order valence-electron chi connectivity index (χ1n) is 4.95. The Kier molecular flexibility index (Phi) is 2.14. The Morgan fingerprint density at radius 1 is 1.12 bits per heavy atom. The van der Waals surface area contributed by atoms with E-state index < -0.39 is 21.5 Å². The van der Waals surface area contributed by atoms with Crippen molar-refractivity contribution in [3.8, 4) is 0 Å². The largest absolute Gasteiger partial charge is 0.269 e. The average molecular weight is 239 g/mol. The molecule has 1 aliphatic rings. The first-order valence-corrected chi connectivity index (χ1v) is 6.39. The molecule has 5 heteroatoms. The number of hydrogen-bond donors (Lipinski definition) is 0. The van der Waals surface area contributed by atoms with Gasteiger partial charge in [-0.3, -0.25) is 4.79 Å². The Balaban J connectivity index is 2.73. The maximum absolute atomic E-state index is 12.1. The summed E-state index contributed by atoms with van der Waals surface area (Å²) < 4.78 is 25.2. The van der Waals surface area contributed by atoms with E-state index in [4.69, 9.17) is 0 Å². The topological polar surface area (TPSA) is 54.5 Å². The molecular weight excluding hydrogens is 226 g/mol. The van der Waals surface area contributed by atoms with Crippen molar-refractivity contribution in [3.63, 3.8) is 0 Å². The van der Waals surface area contributed by atoms with Gasteiger partial charge in [0, 0.05) is 0 Å². The van der Waals surface area contributed by atoms with Crippen molar-refractivity contribution in [1.29, 1.82) is 0 Å². The van der Waals surface area contributed by atoms with Crippen molar-refractivity contribution in [2.24, 2.45) is 0 Å². The molecule has 0 unspecified atom stereocenters. The van der Waals surface area contributed by atoms with Gasteiger partial charge in [0.2, 0.25) is 0 Å². The Labute approximate surface area is 94.9 Å². The minimum Gasteiger partial charge on any atom is -0.268 e. The predicted molar refractivity (Wildman–Crippen MR) is 59.6 cm³/mol. The predicted octanol–water partition coefficient (Wildman–Crippen LogP) is 1.63. The van der Waals surface area contributed by atoms with Crippen LogP contribution in [0.2, 0.25) is 0 Å². The van der Waals surface area contributed by atoms with Crippen LogP contribution < -0.4 is 0 Å². The number of rotatable bonds is 0. The molecule has 0 aromatic heterocycles. The molecule has 0 saturated carbocycles. The molecule has 1 aromatic rings. The van der Waals surface area contributed by atoms with Gasteiger partial charge in [0.1, 0.15) is 4.90 Å². The average Bonchev–Trinajstić information content (AvgIpc) is 2.34. The number of carbonyl (C=O) groups is 1. The summed E-state index contributed by atoms with van der Waals surface area (Å²) in [5, 5.41) is 0. The van der Waals surface area contributed by atoms with E-state index >= 15 is 0 Å². The zero-order valence-corrected chi connectivity index (χ0v) is 10.2. The van der Waals surface area contributed by atoms with E-state index in [1.165, 1.54) is 6.07 Å². The third-order valence-corrected chi connectivity index (χ3v) is 4.54. The number of nitrogens with zero attached hydrogens (tertiary/aromatic N) is 1. The van der Waals surface area contributed by atoms with Gasteiger partial charge < -0.3 is 0 Å². The molecule has 0 atom stereocenters. The molecule has 16 heavy (non-hydrogen) atoms. The first-order chi connectivity index (χ1) is 7.26. The zero-order valence-electron chi connectivity index (χ0n) is 9.39. The van der Waals surface area contributed by atoms with Crippen LogP contribution in [0.5, 0.6) is 0 Å². The minimum absolute atomic E-state index is 0.106. The van der Waals surface area contributed by atoms with E-state index in [1.54, 1.807) is 39.0 Å². The summed E-state index contributed by atoms with van der Waals surface area (Å²) in [6.45, 7) is 5.11. The van der Waals surface area contributed by atoms with Gasteiger partial charge in [-0.2, -0.15) is 0 Å². The number of fused-ring (bicyclic) bond motifs is 1. The van der Waals surface area contributed by atoms with E-state index in [9.17, 15) is 13.2 Å². The minimum atomic E-state index is -3.67. The summed E-state index contributed by atoms with van der Waals surface area (Å²) in [5.74, 6) is -0.442. The van der Waals surface area contributed by atoms with Crippen LogP contribution >= 0.6 is 0 Å². The van der Waals surface area contributed by atoms with Crippen LogP contribution in [-0.2, 0) is 10.0 Å². The van der Waals surface area contributed by atoms with Crippen LogP contribution in [0.15, 0.2) is 29.2 Å². The fourth-order valence-electron chi connectivity index (χ4n) is 1.85. The van der Waals surface area contributed by atoms with Crippen molar-refractivity contribution >= 4 is 15.9 Å². The van der Waals surface area contributed by atoms with Crippen molar-refractivity contribution in [2.45, 2.75) is 31.2 Å². The first kappa shape index (κ1) is 11.1. The number of amides is 1. The fourth-order valence-corrected chi connectivity index (χ4v) is 3.77. The maximum atomic E-state index is 12.1. The third kappa shape index (κ3) is 1.35. The lowest BCUT2D eigenvalue weighted by molar-refractivity contribution is 0.0788. The van der Waals surface area contributed by atoms with Crippen LogP contribution in [-0.4, -0.2) is 24.2 Å². The fraction of sp³-hybridized carbons (Fsp3) is 0.364. The van der Waals surface area contributed by atoms with Gasteiger partial charge in [-0.1, -0.05) is 12.1 Å². The molecule has 1 heterocycles. The van der Waals surface area contributed by atoms with Gasteiger partial charge >= 0.3 is 0 Å². The van der Waals surface area contributed by atoms with Gasteiger partial charge in [-0.15, -0.1) is 0 Å². The van der Waals surface area contributed by atoms with E-state index in [0.717, 1.165) is 4.31 Å². The molecule has 0 N–H and O–H groups in total. The zero-order chi connectivity index (χ0) is 12.1. The Morgan fingerprint density at radius 2 is 1.69 bits per heavy atom. The highest BCUT2D eigenvalue weighted by molar-refractivity contribution is 7.90. The van der Waals surface area contributed by atoms with Gasteiger partial charge in [0.15, 0.2) is 0 Å². The summed E-state index contributed by atoms with van der Waals surface area (Å²) in [6.07, 6.45) is 0. The third-order valence-electron chi connectivity index (χ3n) is 2.43. The SMILES string of the molecule is CC(C)(C)N1C(=O)c2ccccc2S1(=O)=O. The van der Waals surface area contributed by atoms with E-state index in [1.807, 2.05) is 0 Å². The second-order valence-corrected chi connectivity index (χ2v) is 6.50. The smallest absolute Gasteiger partial charge is 0.268 e. The molecule has 0 spiro atoms. The summed E-state index contributed by atoms with van der Waals surface area (Å²) in [5.41, 5.74) is -0.480. The molecule has 2 rings (SSSR count). The molecule has 0 fully saturated rings. The summed E-state index contributed by atoms with van der Waals surface area (Å²) in [6, 6.07) is 6.30. The normalized spacial score (nSPS) is 18.7. The van der Waals surface area contributed by atoms with Gasteiger partial charge in [-0.25, -0.2) is 12.7 Å². The highest BCUT2D eigenvalue weighted by atomic mass is 32.2. The molecule has 1 aromatic carbocycles. The van der Waals surface area contributed by atoms with Crippen molar-refractivity contribution in [2.75, 3.05) is 0 Å². The van der Waals surface area contributed by atoms with Crippen LogP contribution in [0.25, 0.3) is 0 Å². The Morgan fingerprint density at radius 3 is 2.19 bits per heavy atom. The van der Waals surface area contributed by atoms with E-state index in [-0.39, 0.29) is 10.5 Å². The standard InChI is InChI=1S/C11H13NO3S/c1-11(2,3)12-10(13)8-6-4-5-7-9(8)16(12,14)15/h4-7H,1-3H3. The van der Waals surface area contributed by atoms with Crippen molar-refractivity contribution < 1.29 is 13.2 Å². The second kappa shape index (κ2) is 3.07. The van der Waals surface area contributed by atoms with Crippen LogP contribution in [0.3, 0.4) is 0 Å². The van der Waals surface area contributed by atoms with Gasteiger partial charge in [0.05, 0.1) is 11.1 Å². The highest BCUT2D eigenvalue weighted by Crippen LogP contribution is 2.35. The number of benzene rings is 1. The van der Waals surface area contributed by atoms with E-state index in [2.05, 4.69) is 0 Å². The molecule has 0 saturated heterocycles. The summed E-state index contributed by atoms with van der Waals surface area (Å²) in [4.78, 5) is 12.1. The monoisotopic (exact) mass is 239 g/mol. The number of sulfonamides is 1. The lowest BCUT2D eigenvalue weighted by Gasteiger charge is -2.29.